The maximum Gasteiger partial charge on any atom is 0.273 e. The number of rotatable bonds is 3. The summed E-state index contributed by atoms with van der Waals surface area (Å²) in [5.74, 6) is -1.33. The number of fused-ring (bicyclic) bond motifs is 1. The maximum absolute atomic E-state index is 12.8. The van der Waals surface area contributed by atoms with Crippen molar-refractivity contribution in [3.05, 3.63) is 41.2 Å². The highest BCUT2D eigenvalue weighted by atomic mass is 16.2. The van der Waals surface area contributed by atoms with Gasteiger partial charge in [-0.25, -0.2) is 4.68 Å². The molecule has 2 aliphatic rings. The zero-order valence-electron chi connectivity index (χ0n) is 16.9. The highest BCUT2D eigenvalue weighted by molar-refractivity contribution is 6.05. The molecule has 0 aliphatic carbocycles. The van der Waals surface area contributed by atoms with Crippen molar-refractivity contribution in [3.63, 3.8) is 0 Å². The second-order valence-corrected chi connectivity index (χ2v) is 8.49. The lowest BCUT2D eigenvalue weighted by atomic mass is 10.0. The summed E-state index contributed by atoms with van der Waals surface area (Å²) in [5.41, 5.74) is 1.70. The summed E-state index contributed by atoms with van der Waals surface area (Å²) in [7, 11) is 0. The van der Waals surface area contributed by atoms with Gasteiger partial charge in [-0.3, -0.25) is 24.5 Å². The Morgan fingerprint density at radius 2 is 2.00 bits per heavy atom. The van der Waals surface area contributed by atoms with Crippen molar-refractivity contribution in [1.29, 1.82) is 0 Å². The second kappa shape index (κ2) is 7.05. The molecule has 0 saturated carbocycles. The highest BCUT2D eigenvalue weighted by Gasteiger charge is 2.39. The Morgan fingerprint density at radius 3 is 2.70 bits per heavy atom. The number of hydrogen-bond donors (Lipinski definition) is 2. The third-order valence-electron chi connectivity index (χ3n) is 4.99. The van der Waals surface area contributed by atoms with Gasteiger partial charge in [-0.05, 0) is 51.0 Å². The van der Waals surface area contributed by atoms with Crippen LogP contribution in [0.15, 0.2) is 24.4 Å². The number of benzene rings is 1. The minimum absolute atomic E-state index is 0.187. The van der Waals surface area contributed by atoms with Crippen LogP contribution in [-0.2, 0) is 16.1 Å². The van der Waals surface area contributed by atoms with Crippen molar-refractivity contribution in [2.45, 2.75) is 51.7 Å². The highest BCUT2D eigenvalue weighted by Crippen LogP contribution is 2.29. The number of nitrogens with one attached hydrogen (secondary N) is 2. The quantitative estimate of drug-likeness (QED) is 0.712. The zero-order valence-corrected chi connectivity index (χ0v) is 16.9. The van der Waals surface area contributed by atoms with Gasteiger partial charge in [0.15, 0.2) is 5.69 Å². The minimum Gasteiger partial charge on any atom is -0.346 e. The maximum atomic E-state index is 12.8. The van der Waals surface area contributed by atoms with E-state index in [-0.39, 0.29) is 36.4 Å². The number of amides is 4. The molecule has 156 valence electrons. The van der Waals surface area contributed by atoms with Crippen molar-refractivity contribution in [2.75, 3.05) is 0 Å². The Kier molecular flexibility index (Phi) is 4.64. The standard InChI is InChI=1S/C20H22N6O4/c1-20(2,3)22-17(28)14-10-26(24-23-14)12-4-5-13-11(8-12)9-25(19(13)30)15-6-7-16(27)21-18(15)29/h4-5,8,10,15H,6-7,9H2,1-3H3,(H,22,28)(H,21,27,29). The largest absolute Gasteiger partial charge is 0.346 e. The van der Waals surface area contributed by atoms with Gasteiger partial charge in [-0.2, -0.15) is 0 Å². The van der Waals surface area contributed by atoms with Crippen molar-refractivity contribution in [3.8, 4) is 5.69 Å². The number of imide groups is 1. The summed E-state index contributed by atoms with van der Waals surface area (Å²) < 4.78 is 1.47. The van der Waals surface area contributed by atoms with Gasteiger partial charge in [-0.1, -0.05) is 5.21 Å². The van der Waals surface area contributed by atoms with E-state index in [1.54, 1.807) is 18.2 Å². The van der Waals surface area contributed by atoms with Crippen LogP contribution in [0.5, 0.6) is 0 Å². The van der Waals surface area contributed by atoms with E-state index in [1.165, 1.54) is 15.8 Å². The van der Waals surface area contributed by atoms with Gasteiger partial charge < -0.3 is 10.2 Å². The molecule has 30 heavy (non-hydrogen) atoms. The molecule has 2 aromatic rings. The molecule has 1 atom stereocenters. The molecule has 2 aliphatic heterocycles. The summed E-state index contributed by atoms with van der Waals surface area (Å²) in [6.07, 6.45) is 2.05. The lowest BCUT2D eigenvalue weighted by molar-refractivity contribution is -0.136. The molecular weight excluding hydrogens is 388 g/mol. The molecule has 0 bridgehead atoms. The fraction of sp³-hybridized carbons (Fsp3) is 0.400. The number of piperidine rings is 1. The van der Waals surface area contributed by atoms with Gasteiger partial charge in [0, 0.05) is 24.1 Å². The Hall–Kier alpha value is -3.56. The molecule has 2 N–H and O–H groups in total. The average Bonchev–Trinajstić information content (AvgIpc) is 3.26. The molecule has 0 radical (unpaired) electrons. The molecule has 10 nitrogen and oxygen atoms in total. The van der Waals surface area contributed by atoms with Crippen LogP contribution >= 0.6 is 0 Å². The molecule has 3 heterocycles. The predicted molar refractivity (Wildman–Crippen MR) is 105 cm³/mol. The molecule has 1 fully saturated rings. The van der Waals surface area contributed by atoms with Crippen molar-refractivity contribution in [2.24, 2.45) is 0 Å². The normalized spacial score (nSPS) is 19.0. The molecule has 4 amide bonds. The molecule has 4 rings (SSSR count). The summed E-state index contributed by atoms with van der Waals surface area (Å²) in [4.78, 5) is 50.1. The summed E-state index contributed by atoms with van der Waals surface area (Å²) in [5, 5.41) is 13.1. The van der Waals surface area contributed by atoms with Gasteiger partial charge in [-0.15, -0.1) is 5.10 Å². The van der Waals surface area contributed by atoms with E-state index in [2.05, 4.69) is 20.9 Å². The lowest BCUT2D eigenvalue weighted by Gasteiger charge is -2.29. The first-order valence-corrected chi connectivity index (χ1v) is 9.65. The third-order valence-corrected chi connectivity index (χ3v) is 4.99. The number of aromatic nitrogens is 3. The Labute approximate surface area is 172 Å². The van der Waals surface area contributed by atoms with Crippen molar-refractivity contribution < 1.29 is 19.2 Å². The third kappa shape index (κ3) is 3.68. The van der Waals surface area contributed by atoms with Crippen LogP contribution in [-0.4, -0.2) is 55.1 Å². The first-order chi connectivity index (χ1) is 14.1. The van der Waals surface area contributed by atoms with E-state index < -0.39 is 17.5 Å². The summed E-state index contributed by atoms with van der Waals surface area (Å²) >= 11 is 0. The predicted octanol–water partition coefficient (Wildman–Crippen LogP) is 0.557. The molecule has 0 spiro atoms. The molecule has 1 aromatic carbocycles. The van der Waals surface area contributed by atoms with Crippen molar-refractivity contribution in [1.82, 2.24) is 30.5 Å². The van der Waals surface area contributed by atoms with Crippen LogP contribution in [0.1, 0.15) is 60.0 Å². The molecule has 1 saturated heterocycles. The van der Waals surface area contributed by atoms with Gasteiger partial charge in [0.1, 0.15) is 6.04 Å². The Bertz CT molecular complexity index is 1070. The van der Waals surface area contributed by atoms with Crippen LogP contribution in [0.4, 0.5) is 0 Å². The van der Waals surface area contributed by atoms with Crippen LogP contribution in [0.3, 0.4) is 0 Å². The van der Waals surface area contributed by atoms with Gasteiger partial charge in [0.25, 0.3) is 11.8 Å². The van der Waals surface area contributed by atoms with Crippen LogP contribution in [0.25, 0.3) is 5.69 Å². The van der Waals surface area contributed by atoms with E-state index in [1.807, 2.05) is 20.8 Å². The van der Waals surface area contributed by atoms with Crippen LogP contribution in [0.2, 0.25) is 0 Å². The number of hydrogen-bond acceptors (Lipinski definition) is 6. The fourth-order valence-corrected chi connectivity index (χ4v) is 3.60. The topological polar surface area (TPSA) is 126 Å². The van der Waals surface area contributed by atoms with Gasteiger partial charge >= 0.3 is 0 Å². The zero-order chi connectivity index (χ0) is 21.6. The van der Waals surface area contributed by atoms with E-state index >= 15 is 0 Å². The molecule has 1 unspecified atom stereocenters. The fourth-order valence-electron chi connectivity index (χ4n) is 3.60. The van der Waals surface area contributed by atoms with Crippen molar-refractivity contribution >= 4 is 23.6 Å². The van der Waals surface area contributed by atoms with Gasteiger partial charge in [0.2, 0.25) is 11.8 Å². The van der Waals surface area contributed by atoms with Gasteiger partial charge in [0.05, 0.1) is 11.9 Å². The first kappa shape index (κ1) is 19.7. The number of carbonyl (C=O) groups excluding carboxylic acids is 4. The monoisotopic (exact) mass is 410 g/mol. The van der Waals surface area contributed by atoms with E-state index in [4.69, 9.17) is 0 Å². The smallest absolute Gasteiger partial charge is 0.273 e. The lowest BCUT2D eigenvalue weighted by Crippen LogP contribution is -2.52. The SMILES string of the molecule is CC(C)(C)NC(=O)c1cn(-c2ccc3c(c2)CN(C2CCC(=O)NC2=O)C3=O)nn1. The number of carbonyl (C=O) groups is 4. The van der Waals surface area contributed by atoms with Crippen LogP contribution < -0.4 is 10.6 Å². The average molecular weight is 410 g/mol. The van der Waals surface area contributed by atoms with E-state index in [0.717, 1.165) is 5.56 Å². The van der Waals surface area contributed by atoms with Crippen LogP contribution in [0, 0.1) is 0 Å². The summed E-state index contributed by atoms with van der Waals surface area (Å²) in [6.45, 7) is 5.89. The minimum atomic E-state index is -0.662. The van der Waals surface area contributed by atoms with E-state index in [9.17, 15) is 19.2 Å². The molecular formula is C20H22N6O4. The first-order valence-electron chi connectivity index (χ1n) is 9.65. The number of nitrogens with zero attached hydrogens (tertiary/aromatic N) is 4. The molecule has 10 heteroatoms. The molecule has 1 aromatic heterocycles. The Balaban J connectivity index is 1.54. The Morgan fingerprint density at radius 1 is 1.23 bits per heavy atom. The second-order valence-electron chi connectivity index (χ2n) is 8.49. The summed E-state index contributed by atoms with van der Waals surface area (Å²) in [6, 6.07) is 4.52. The van der Waals surface area contributed by atoms with E-state index in [0.29, 0.717) is 17.7 Å².